The zero-order valence-corrected chi connectivity index (χ0v) is 15.4. The van der Waals surface area contributed by atoms with Gasteiger partial charge in [-0.25, -0.2) is 4.79 Å². The van der Waals surface area contributed by atoms with E-state index in [4.69, 9.17) is 9.47 Å². The Labute approximate surface area is 158 Å². The molecule has 1 N–H and O–H groups in total. The highest BCUT2D eigenvalue weighted by molar-refractivity contribution is 5.69. The molecule has 1 amide bonds. The number of anilines is 1. The second-order valence-corrected chi connectivity index (χ2v) is 6.95. The first-order chi connectivity index (χ1) is 13.1. The van der Waals surface area contributed by atoms with Crippen molar-refractivity contribution in [1.29, 1.82) is 5.26 Å². The summed E-state index contributed by atoms with van der Waals surface area (Å²) < 4.78 is 11.0. The summed E-state index contributed by atoms with van der Waals surface area (Å²) in [4.78, 5) is 14.0. The molecule has 2 aromatic carbocycles. The lowest BCUT2D eigenvalue weighted by Crippen LogP contribution is -2.46. The minimum Gasteiger partial charge on any atom is -0.455 e. The Hall–Kier alpha value is -3.20. The van der Waals surface area contributed by atoms with Crippen LogP contribution in [0.15, 0.2) is 36.4 Å². The Kier molecular flexibility index (Phi) is 4.36. The van der Waals surface area contributed by atoms with E-state index in [1.807, 2.05) is 24.3 Å². The number of nitrogens with zero attached hydrogens (tertiary/aromatic N) is 2. The second kappa shape index (κ2) is 6.84. The van der Waals surface area contributed by atoms with Crippen molar-refractivity contribution in [3.63, 3.8) is 0 Å². The fraction of sp³-hybridized carbons (Fsp3) is 0.333. The number of ether oxygens (including phenoxy) is 2. The number of carbonyl (C=O) groups excluding carboxylic acids is 1. The molecule has 2 atom stereocenters. The van der Waals surface area contributed by atoms with Gasteiger partial charge < -0.3 is 19.7 Å². The second-order valence-electron chi connectivity index (χ2n) is 6.95. The third-order valence-electron chi connectivity index (χ3n) is 5.35. The first kappa shape index (κ1) is 17.2. The first-order valence-electron chi connectivity index (χ1n) is 9.03. The number of nitrogens with one attached hydrogen (secondary N) is 1. The van der Waals surface area contributed by atoms with E-state index in [9.17, 15) is 10.1 Å². The number of hydrogen-bond acceptors (Lipinski definition) is 5. The van der Waals surface area contributed by atoms with Gasteiger partial charge >= 0.3 is 6.09 Å². The normalized spacial score (nSPS) is 20.1. The summed E-state index contributed by atoms with van der Waals surface area (Å²) in [5.74, 6) is 1.50. The minimum absolute atomic E-state index is 0.0334. The standard InChI is InChI=1S/C21H21N3O3/c1-13-4-3-5-18-20(13)17-11-15(23-21(25)26-2)8-9-24(17)16-7-6-14(12-22)10-19(16)27-18/h3-7,10,15,17H,8-9,11H2,1-2H3,(H,23,25)/t15-,17-/m0/s1. The number of alkyl carbamates (subject to hydrolysis) is 1. The van der Waals surface area contributed by atoms with Gasteiger partial charge in [-0.3, -0.25) is 0 Å². The lowest BCUT2D eigenvalue weighted by Gasteiger charge is -2.40. The molecule has 2 aliphatic rings. The predicted octanol–water partition coefficient (Wildman–Crippen LogP) is 4.04. The van der Waals surface area contributed by atoms with Gasteiger partial charge in [-0.1, -0.05) is 12.1 Å². The SMILES string of the molecule is COC(=O)N[C@H]1CCN2c3ccc(C#N)cc3Oc3cccc(C)c3[C@@H]2C1. The van der Waals surface area contributed by atoms with Gasteiger partial charge in [-0.2, -0.15) is 5.26 Å². The smallest absolute Gasteiger partial charge is 0.407 e. The molecule has 2 heterocycles. The van der Waals surface area contributed by atoms with E-state index < -0.39 is 6.09 Å². The number of aryl methyl sites for hydroxylation is 1. The number of rotatable bonds is 1. The zero-order valence-electron chi connectivity index (χ0n) is 15.4. The van der Waals surface area contributed by atoms with Crippen molar-refractivity contribution < 1.29 is 14.3 Å². The summed E-state index contributed by atoms with van der Waals surface area (Å²) in [5, 5.41) is 12.2. The van der Waals surface area contributed by atoms with E-state index >= 15 is 0 Å². The van der Waals surface area contributed by atoms with E-state index in [0.29, 0.717) is 11.3 Å². The van der Waals surface area contributed by atoms with Crippen LogP contribution >= 0.6 is 0 Å². The van der Waals surface area contributed by atoms with Crippen LogP contribution in [0.5, 0.6) is 11.5 Å². The summed E-state index contributed by atoms with van der Waals surface area (Å²) in [6.07, 6.45) is 1.17. The van der Waals surface area contributed by atoms with Crippen molar-refractivity contribution in [2.45, 2.75) is 31.8 Å². The number of carbonyl (C=O) groups is 1. The molecular weight excluding hydrogens is 342 g/mol. The highest BCUT2D eigenvalue weighted by atomic mass is 16.5. The number of amides is 1. The van der Waals surface area contributed by atoms with Crippen LogP contribution in [0, 0.1) is 18.3 Å². The largest absolute Gasteiger partial charge is 0.455 e. The molecule has 0 spiro atoms. The van der Waals surface area contributed by atoms with Gasteiger partial charge in [0.15, 0.2) is 5.75 Å². The minimum atomic E-state index is -0.401. The maximum absolute atomic E-state index is 11.7. The predicted molar refractivity (Wildman–Crippen MR) is 101 cm³/mol. The highest BCUT2D eigenvalue weighted by Crippen LogP contribution is 2.48. The fourth-order valence-corrected chi connectivity index (χ4v) is 4.07. The molecule has 27 heavy (non-hydrogen) atoms. The van der Waals surface area contributed by atoms with Crippen molar-refractivity contribution >= 4 is 11.8 Å². The molecule has 0 bridgehead atoms. The Morgan fingerprint density at radius 1 is 1.33 bits per heavy atom. The number of fused-ring (bicyclic) bond motifs is 5. The molecule has 0 aromatic heterocycles. The van der Waals surface area contributed by atoms with Crippen molar-refractivity contribution in [2.75, 3.05) is 18.6 Å². The molecule has 2 aliphatic heterocycles. The van der Waals surface area contributed by atoms with Gasteiger partial charge in [0.2, 0.25) is 0 Å². The average molecular weight is 363 g/mol. The molecule has 0 unspecified atom stereocenters. The quantitative estimate of drug-likeness (QED) is 0.828. The van der Waals surface area contributed by atoms with E-state index in [-0.39, 0.29) is 12.1 Å². The third kappa shape index (κ3) is 3.06. The van der Waals surface area contributed by atoms with Gasteiger partial charge in [0, 0.05) is 24.2 Å². The first-order valence-corrected chi connectivity index (χ1v) is 9.03. The maximum Gasteiger partial charge on any atom is 0.407 e. The number of piperidine rings is 1. The Morgan fingerprint density at radius 2 is 2.19 bits per heavy atom. The molecule has 2 aromatic rings. The maximum atomic E-state index is 11.7. The summed E-state index contributed by atoms with van der Waals surface area (Å²) in [6.45, 7) is 2.85. The van der Waals surface area contributed by atoms with Crippen LogP contribution in [0.3, 0.4) is 0 Å². The third-order valence-corrected chi connectivity index (χ3v) is 5.35. The van der Waals surface area contributed by atoms with Gasteiger partial charge in [-0.15, -0.1) is 0 Å². The molecule has 6 nitrogen and oxygen atoms in total. The van der Waals surface area contributed by atoms with Crippen LogP contribution in [-0.2, 0) is 4.74 Å². The van der Waals surface area contributed by atoms with Crippen LogP contribution in [0.1, 0.15) is 35.6 Å². The highest BCUT2D eigenvalue weighted by Gasteiger charge is 2.36. The van der Waals surface area contributed by atoms with E-state index in [0.717, 1.165) is 42.0 Å². The van der Waals surface area contributed by atoms with Crippen molar-refractivity contribution in [2.24, 2.45) is 0 Å². The molecule has 1 saturated heterocycles. The van der Waals surface area contributed by atoms with Crippen LogP contribution in [0.2, 0.25) is 0 Å². The van der Waals surface area contributed by atoms with Gasteiger partial charge in [0.25, 0.3) is 0 Å². The van der Waals surface area contributed by atoms with Gasteiger partial charge in [0.05, 0.1) is 30.5 Å². The van der Waals surface area contributed by atoms with Crippen molar-refractivity contribution in [3.05, 3.63) is 53.1 Å². The van der Waals surface area contributed by atoms with E-state index in [1.54, 1.807) is 6.07 Å². The lowest BCUT2D eigenvalue weighted by molar-refractivity contribution is 0.163. The summed E-state index contributed by atoms with van der Waals surface area (Å²) >= 11 is 0. The number of nitriles is 1. The number of hydrogen-bond donors (Lipinski definition) is 1. The van der Waals surface area contributed by atoms with Crippen LogP contribution in [-0.4, -0.2) is 25.8 Å². The molecule has 1 fully saturated rings. The fourth-order valence-electron chi connectivity index (χ4n) is 4.07. The van der Waals surface area contributed by atoms with Crippen LogP contribution in [0.25, 0.3) is 0 Å². The Morgan fingerprint density at radius 3 is 2.96 bits per heavy atom. The van der Waals surface area contributed by atoms with E-state index in [1.165, 1.54) is 7.11 Å². The summed E-state index contributed by atoms with van der Waals surface area (Å²) in [5.41, 5.74) is 3.83. The molecule has 0 saturated carbocycles. The Balaban J connectivity index is 1.79. The average Bonchev–Trinajstić information content (AvgIpc) is 2.81. The molecule has 0 radical (unpaired) electrons. The van der Waals surface area contributed by atoms with Crippen LogP contribution < -0.4 is 15.0 Å². The Bertz CT molecular complexity index is 935. The van der Waals surface area contributed by atoms with Gasteiger partial charge in [-0.05, 0) is 43.5 Å². The summed E-state index contributed by atoms with van der Waals surface area (Å²) in [6, 6.07) is 13.9. The topological polar surface area (TPSA) is 74.6 Å². The molecule has 0 aliphatic carbocycles. The van der Waals surface area contributed by atoms with Crippen molar-refractivity contribution in [1.82, 2.24) is 5.32 Å². The molecule has 6 heteroatoms. The number of methoxy groups -OCH3 is 1. The molecule has 4 rings (SSSR count). The summed E-state index contributed by atoms with van der Waals surface area (Å²) in [7, 11) is 1.38. The van der Waals surface area contributed by atoms with Crippen LogP contribution in [0.4, 0.5) is 10.5 Å². The van der Waals surface area contributed by atoms with Crippen molar-refractivity contribution in [3.8, 4) is 17.6 Å². The molecular formula is C21H21N3O3. The van der Waals surface area contributed by atoms with E-state index in [2.05, 4.69) is 29.3 Å². The zero-order chi connectivity index (χ0) is 19.0. The van der Waals surface area contributed by atoms with Gasteiger partial charge in [0.1, 0.15) is 5.75 Å². The lowest BCUT2D eigenvalue weighted by atomic mass is 9.88. The molecule has 138 valence electrons. The monoisotopic (exact) mass is 363 g/mol. The number of benzene rings is 2.